The fourth-order valence-electron chi connectivity index (χ4n) is 1.91. The van der Waals surface area contributed by atoms with Crippen LogP contribution in [-0.4, -0.2) is 22.6 Å². The average molecular weight is 274 g/mol. The molecule has 0 unspecified atom stereocenters. The first kappa shape index (κ1) is 13.8. The van der Waals surface area contributed by atoms with Gasteiger partial charge in [-0.15, -0.1) is 0 Å². The molecule has 0 spiro atoms. The molecule has 0 radical (unpaired) electrons. The van der Waals surface area contributed by atoms with Crippen LogP contribution in [0.4, 0.5) is 15.8 Å². The molecule has 2 rings (SSSR count). The molecule has 0 bridgehead atoms. The minimum absolute atomic E-state index is 0.0506. The molecule has 1 aromatic carbocycles. The van der Waals surface area contributed by atoms with Crippen LogP contribution in [0, 0.1) is 5.82 Å². The molecule has 20 heavy (non-hydrogen) atoms. The predicted octanol–water partition coefficient (Wildman–Crippen LogP) is 2.47. The summed E-state index contributed by atoms with van der Waals surface area (Å²) < 4.78 is 13.3. The first-order valence-corrected chi connectivity index (χ1v) is 6.12. The number of rotatable bonds is 4. The summed E-state index contributed by atoms with van der Waals surface area (Å²) in [6.07, 6.45) is 1.60. The summed E-state index contributed by atoms with van der Waals surface area (Å²) in [7, 11) is 0. The van der Waals surface area contributed by atoms with Gasteiger partial charge < -0.3 is 15.8 Å². The third kappa shape index (κ3) is 2.85. The summed E-state index contributed by atoms with van der Waals surface area (Å²) in [6, 6.07) is 9.77. The topological polar surface area (TPSA) is 74.7 Å². The Hall–Kier alpha value is -2.63. The normalized spacial score (nSPS) is 11.4. The number of halogens is 1. The molecule has 5 nitrogen and oxygen atoms in total. The minimum atomic E-state index is -0.290. The summed E-state index contributed by atoms with van der Waals surface area (Å²) in [6.45, 7) is 2.62. The van der Waals surface area contributed by atoms with E-state index >= 15 is 0 Å². The molecule has 1 heterocycles. The molecule has 0 saturated heterocycles. The number of hydrogen-bond acceptors (Lipinski definition) is 4. The fraction of sp³-hybridized carbons (Fsp3) is 0.143. The number of oxime groups is 1. The van der Waals surface area contributed by atoms with Gasteiger partial charge in [-0.05, 0) is 37.3 Å². The lowest BCUT2D eigenvalue weighted by Crippen LogP contribution is -2.18. The third-order valence-corrected chi connectivity index (χ3v) is 2.87. The lowest BCUT2D eigenvalue weighted by Gasteiger charge is -2.23. The van der Waals surface area contributed by atoms with Gasteiger partial charge in [-0.2, -0.15) is 0 Å². The first-order chi connectivity index (χ1) is 9.65. The van der Waals surface area contributed by atoms with Crippen molar-refractivity contribution in [2.45, 2.75) is 6.92 Å². The van der Waals surface area contributed by atoms with Crippen molar-refractivity contribution in [2.75, 3.05) is 11.4 Å². The molecule has 2 aromatic rings. The van der Waals surface area contributed by atoms with Gasteiger partial charge in [0, 0.05) is 12.2 Å². The largest absolute Gasteiger partial charge is 0.409 e. The number of benzene rings is 1. The molecule has 6 heteroatoms. The molecule has 0 fully saturated rings. The van der Waals surface area contributed by atoms with Crippen molar-refractivity contribution in [3.05, 3.63) is 54.1 Å². The maximum Gasteiger partial charge on any atom is 0.188 e. The van der Waals surface area contributed by atoms with Crippen LogP contribution in [0.3, 0.4) is 0 Å². The Balaban J connectivity index is 2.33. The second kappa shape index (κ2) is 6.01. The van der Waals surface area contributed by atoms with E-state index in [1.165, 1.54) is 12.1 Å². The van der Waals surface area contributed by atoms with E-state index in [0.717, 1.165) is 11.4 Å². The fourth-order valence-corrected chi connectivity index (χ4v) is 1.91. The average Bonchev–Trinajstić information content (AvgIpc) is 2.48. The lowest BCUT2D eigenvalue weighted by molar-refractivity contribution is 0.318. The summed E-state index contributed by atoms with van der Waals surface area (Å²) >= 11 is 0. The Morgan fingerprint density at radius 3 is 2.70 bits per heavy atom. The number of nitrogens with two attached hydrogens (primary N) is 1. The second-order valence-electron chi connectivity index (χ2n) is 4.11. The van der Waals surface area contributed by atoms with Crippen LogP contribution in [0.1, 0.15) is 12.6 Å². The van der Waals surface area contributed by atoms with E-state index in [4.69, 9.17) is 10.9 Å². The minimum Gasteiger partial charge on any atom is -0.409 e. The SMILES string of the molecule is CCN(c1ccc(/C(N)=N/O)nc1)c1cccc(F)c1. The van der Waals surface area contributed by atoms with Crippen LogP contribution in [0.2, 0.25) is 0 Å². The number of hydrogen-bond donors (Lipinski definition) is 2. The highest BCUT2D eigenvalue weighted by atomic mass is 19.1. The number of aromatic nitrogens is 1. The highest BCUT2D eigenvalue weighted by molar-refractivity contribution is 5.95. The molecular formula is C14H15FN4O. The monoisotopic (exact) mass is 274 g/mol. The zero-order valence-corrected chi connectivity index (χ0v) is 11.0. The van der Waals surface area contributed by atoms with Gasteiger partial charge in [0.05, 0.1) is 11.9 Å². The molecule has 0 saturated carbocycles. The summed E-state index contributed by atoms with van der Waals surface area (Å²) in [4.78, 5) is 6.02. The van der Waals surface area contributed by atoms with Gasteiger partial charge in [-0.25, -0.2) is 4.39 Å². The van der Waals surface area contributed by atoms with Gasteiger partial charge in [-0.1, -0.05) is 11.2 Å². The molecular weight excluding hydrogens is 259 g/mol. The van der Waals surface area contributed by atoms with E-state index in [9.17, 15) is 4.39 Å². The van der Waals surface area contributed by atoms with Gasteiger partial charge in [0.1, 0.15) is 11.5 Å². The zero-order chi connectivity index (χ0) is 14.5. The Morgan fingerprint density at radius 2 is 2.15 bits per heavy atom. The van der Waals surface area contributed by atoms with E-state index in [0.29, 0.717) is 12.2 Å². The molecule has 0 atom stereocenters. The molecule has 0 aliphatic rings. The van der Waals surface area contributed by atoms with E-state index in [-0.39, 0.29) is 11.7 Å². The van der Waals surface area contributed by atoms with E-state index in [1.54, 1.807) is 24.4 Å². The third-order valence-electron chi connectivity index (χ3n) is 2.87. The van der Waals surface area contributed by atoms with Crippen LogP contribution >= 0.6 is 0 Å². The highest BCUT2D eigenvalue weighted by Crippen LogP contribution is 2.24. The summed E-state index contributed by atoms with van der Waals surface area (Å²) in [5.74, 6) is -0.340. The van der Waals surface area contributed by atoms with Crippen LogP contribution in [0.5, 0.6) is 0 Å². The molecule has 0 aliphatic heterocycles. The van der Waals surface area contributed by atoms with Gasteiger partial charge >= 0.3 is 0 Å². The van der Waals surface area contributed by atoms with Crippen molar-refractivity contribution in [2.24, 2.45) is 10.9 Å². The Labute approximate surface area is 116 Å². The maximum absolute atomic E-state index is 13.3. The molecule has 104 valence electrons. The van der Waals surface area contributed by atoms with Crippen LogP contribution in [-0.2, 0) is 0 Å². The number of amidine groups is 1. The molecule has 0 amide bonds. The number of nitrogens with zero attached hydrogens (tertiary/aromatic N) is 3. The van der Waals surface area contributed by atoms with Gasteiger partial charge in [-0.3, -0.25) is 4.98 Å². The maximum atomic E-state index is 13.3. The Bertz CT molecular complexity index is 613. The van der Waals surface area contributed by atoms with Crippen molar-refractivity contribution in [1.82, 2.24) is 4.98 Å². The van der Waals surface area contributed by atoms with Crippen LogP contribution in [0.25, 0.3) is 0 Å². The van der Waals surface area contributed by atoms with Crippen molar-refractivity contribution in [1.29, 1.82) is 0 Å². The van der Waals surface area contributed by atoms with E-state index in [2.05, 4.69) is 10.1 Å². The quantitative estimate of drug-likeness (QED) is 0.389. The van der Waals surface area contributed by atoms with Gasteiger partial charge in [0.25, 0.3) is 0 Å². The number of pyridine rings is 1. The lowest BCUT2D eigenvalue weighted by atomic mass is 10.2. The summed E-state index contributed by atoms with van der Waals surface area (Å²) in [5, 5.41) is 11.5. The van der Waals surface area contributed by atoms with Crippen molar-refractivity contribution >= 4 is 17.2 Å². The van der Waals surface area contributed by atoms with Crippen molar-refractivity contribution in [3.63, 3.8) is 0 Å². The van der Waals surface area contributed by atoms with Crippen LogP contribution in [0.15, 0.2) is 47.8 Å². The first-order valence-electron chi connectivity index (χ1n) is 6.12. The highest BCUT2D eigenvalue weighted by Gasteiger charge is 2.09. The van der Waals surface area contributed by atoms with Crippen molar-refractivity contribution < 1.29 is 9.60 Å². The van der Waals surface area contributed by atoms with E-state index in [1.807, 2.05) is 17.9 Å². The zero-order valence-electron chi connectivity index (χ0n) is 11.0. The summed E-state index contributed by atoms with van der Waals surface area (Å²) in [5.41, 5.74) is 7.38. The van der Waals surface area contributed by atoms with Crippen LogP contribution < -0.4 is 10.6 Å². The molecule has 3 N–H and O–H groups in total. The molecule has 0 aliphatic carbocycles. The Kier molecular flexibility index (Phi) is 4.14. The van der Waals surface area contributed by atoms with Gasteiger partial charge in [0.15, 0.2) is 5.84 Å². The van der Waals surface area contributed by atoms with Gasteiger partial charge in [0.2, 0.25) is 0 Å². The predicted molar refractivity (Wildman–Crippen MR) is 75.8 cm³/mol. The van der Waals surface area contributed by atoms with E-state index < -0.39 is 0 Å². The second-order valence-corrected chi connectivity index (χ2v) is 4.11. The Morgan fingerprint density at radius 1 is 1.35 bits per heavy atom. The smallest absolute Gasteiger partial charge is 0.188 e. The number of anilines is 2. The standard InChI is InChI=1S/C14H15FN4O/c1-2-19(11-5-3-4-10(15)8-11)12-6-7-13(17-9-12)14(16)18-20/h3-9,20H,2H2,1H3,(H2,16,18). The molecule has 1 aromatic heterocycles. The van der Waals surface area contributed by atoms with Crippen molar-refractivity contribution in [3.8, 4) is 0 Å².